The maximum absolute atomic E-state index is 11.2. The number of carbonyl (C=O) groups excluding carboxylic acids is 1. The maximum atomic E-state index is 11.2. The molecular formula is C15H13N3O3. The molecule has 0 aliphatic heterocycles. The molecule has 0 spiro atoms. The summed E-state index contributed by atoms with van der Waals surface area (Å²) >= 11 is 0. The van der Waals surface area contributed by atoms with E-state index in [9.17, 15) is 4.79 Å². The second kappa shape index (κ2) is 5.32. The number of aromatic nitrogens is 3. The summed E-state index contributed by atoms with van der Waals surface area (Å²) in [5, 5.41) is 4.95. The zero-order valence-electron chi connectivity index (χ0n) is 11.7. The number of fused-ring (bicyclic) bond motifs is 1. The quantitative estimate of drug-likeness (QED) is 0.686. The fraction of sp³-hybridized carbons (Fsp3) is 0.200. The molecule has 0 saturated carbocycles. The minimum Gasteiger partial charge on any atom is -0.469 e. The van der Waals surface area contributed by atoms with Crippen molar-refractivity contribution in [1.82, 2.24) is 15.1 Å². The van der Waals surface area contributed by atoms with Gasteiger partial charge in [-0.25, -0.2) is 4.98 Å². The number of ether oxygens (including phenoxy) is 1. The van der Waals surface area contributed by atoms with Gasteiger partial charge in [0.1, 0.15) is 12.1 Å². The Hall–Kier alpha value is -2.76. The fourth-order valence-corrected chi connectivity index (χ4v) is 2.09. The lowest BCUT2D eigenvalue weighted by Gasteiger charge is -2.03. The Labute approximate surface area is 120 Å². The van der Waals surface area contributed by atoms with Gasteiger partial charge in [0.2, 0.25) is 11.7 Å². The van der Waals surface area contributed by atoms with Crippen molar-refractivity contribution in [3.05, 3.63) is 41.8 Å². The number of nitrogens with zero attached hydrogens (tertiary/aromatic N) is 3. The number of methoxy groups -OCH3 is 1. The smallest absolute Gasteiger partial charge is 0.315 e. The molecule has 0 atom stereocenters. The first kappa shape index (κ1) is 13.2. The molecule has 6 nitrogen and oxygen atoms in total. The van der Waals surface area contributed by atoms with Crippen molar-refractivity contribution in [3.8, 4) is 11.5 Å². The van der Waals surface area contributed by atoms with Gasteiger partial charge in [0.05, 0.1) is 12.6 Å². The molecule has 0 unspecified atom stereocenters. The number of hydrogen-bond acceptors (Lipinski definition) is 6. The number of esters is 1. The molecule has 3 aromatic rings. The molecule has 0 radical (unpaired) electrons. The molecule has 106 valence electrons. The van der Waals surface area contributed by atoms with Crippen LogP contribution in [0.3, 0.4) is 0 Å². The second-order valence-electron chi connectivity index (χ2n) is 4.61. The predicted octanol–water partition coefficient (Wildman–Crippen LogP) is 2.31. The average Bonchev–Trinajstić information content (AvgIpc) is 2.95. The molecule has 2 aromatic heterocycles. The number of rotatable bonds is 3. The Morgan fingerprint density at radius 1 is 1.29 bits per heavy atom. The largest absolute Gasteiger partial charge is 0.469 e. The van der Waals surface area contributed by atoms with Crippen LogP contribution in [0.5, 0.6) is 0 Å². The molecule has 2 heterocycles. The Morgan fingerprint density at radius 3 is 2.90 bits per heavy atom. The number of benzene rings is 1. The summed E-state index contributed by atoms with van der Waals surface area (Å²) in [6, 6.07) is 9.74. The molecular weight excluding hydrogens is 270 g/mol. The Bertz CT molecular complexity index is 811. The monoisotopic (exact) mass is 283 g/mol. The summed E-state index contributed by atoms with van der Waals surface area (Å²) in [4.78, 5) is 19.9. The molecule has 0 aliphatic carbocycles. The Balaban J connectivity index is 1.99. The van der Waals surface area contributed by atoms with Gasteiger partial charge in [-0.05, 0) is 24.6 Å². The zero-order chi connectivity index (χ0) is 14.8. The van der Waals surface area contributed by atoms with Gasteiger partial charge in [0.15, 0.2) is 0 Å². The van der Waals surface area contributed by atoms with Crippen LogP contribution in [-0.2, 0) is 16.0 Å². The van der Waals surface area contributed by atoms with E-state index in [0.717, 1.165) is 16.5 Å². The van der Waals surface area contributed by atoms with E-state index < -0.39 is 5.97 Å². The van der Waals surface area contributed by atoms with Crippen LogP contribution in [0.1, 0.15) is 11.5 Å². The van der Waals surface area contributed by atoms with Crippen LogP contribution in [0.25, 0.3) is 22.4 Å². The minimum atomic E-state index is -0.423. The first-order valence-electron chi connectivity index (χ1n) is 6.43. The molecule has 1 aromatic carbocycles. The molecule has 0 bridgehead atoms. The number of aryl methyl sites for hydroxylation is 1. The lowest BCUT2D eigenvalue weighted by Crippen LogP contribution is -2.04. The van der Waals surface area contributed by atoms with Crippen LogP contribution in [0.2, 0.25) is 0 Å². The third kappa shape index (κ3) is 2.60. The summed E-state index contributed by atoms with van der Waals surface area (Å²) < 4.78 is 9.61. The van der Waals surface area contributed by atoms with E-state index in [2.05, 4.69) is 19.9 Å². The average molecular weight is 283 g/mol. The van der Waals surface area contributed by atoms with Crippen molar-refractivity contribution in [3.63, 3.8) is 0 Å². The molecule has 0 aliphatic rings. The van der Waals surface area contributed by atoms with Gasteiger partial charge in [0.25, 0.3) is 0 Å². The maximum Gasteiger partial charge on any atom is 0.315 e. The molecule has 0 amide bonds. The van der Waals surface area contributed by atoms with Crippen molar-refractivity contribution in [2.45, 2.75) is 13.3 Å². The standard InChI is InChI=1S/C15H13N3O3/c1-9-7-12(16-11-6-4-3-5-10(9)11)15-17-13(21-18-15)8-14(19)20-2/h3-7H,8H2,1-2H3. The normalized spacial score (nSPS) is 10.8. The molecule has 21 heavy (non-hydrogen) atoms. The molecule has 3 rings (SSSR count). The highest BCUT2D eigenvalue weighted by atomic mass is 16.5. The van der Waals surface area contributed by atoms with Crippen LogP contribution < -0.4 is 0 Å². The van der Waals surface area contributed by atoms with E-state index >= 15 is 0 Å². The van der Waals surface area contributed by atoms with E-state index in [1.165, 1.54) is 7.11 Å². The van der Waals surface area contributed by atoms with Crippen LogP contribution >= 0.6 is 0 Å². The number of hydrogen-bond donors (Lipinski definition) is 0. The van der Waals surface area contributed by atoms with Gasteiger partial charge in [-0.1, -0.05) is 23.4 Å². The van der Waals surface area contributed by atoms with Crippen LogP contribution in [0.4, 0.5) is 0 Å². The summed E-state index contributed by atoms with van der Waals surface area (Å²) in [6.45, 7) is 2.00. The molecule has 0 fully saturated rings. The van der Waals surface area contributed by atoms with E-state index in [1.807, 2.05) is 37.3 Å². The highest BCUT2D eigenvalue weighted by molar-refractivity contribution is 5.84. The van der Waals surface area contributed by atoms with Crippen molar-refractivity contribution < 1.29 is 14.1 Å². The van der Waals surface area contributed by atoms with Crippen molar-refractivity contribution in [2.24, 2.45) is 0 Å². The Kier molecular flexibility index (Phi) is 3.35. The van der Waals surface area contributed by atoms with Gasteiger partial charge in [0, 0.05) is 5.39 Å². The zero-order valence-corrected chi connectivity index (χ0v) is 11.7. The minimum absolute atomic E-state index is 0.0456. The van der Waals surface area contributed by atoms with E-state index in [4.69, 9.17) is 4.52 Å². The number of pyridine rings is 1. The second-order valence-corrected chi connectivity index (χ2v) is 4.61. The summed E-state index contributed by atoms with van der Waals surface area (Å²) in [6.07, 6.45) is -0.0456. The van der Waals surface area contributed by atoms with Crippen LogP contribution in [-0.4, -0.2) is 28.2 Å². The lowest BCUT2D eigenvalue weighted by atomic mass is 10.1. The van der Waals surface area contributed by atoms with Gasteiger partial charge >= 0.3 is 5.97 Å². The summed E-state index contributed by atoms with van der Waals surface area (Å²) in [5.74, 6) is 0.153. The SMILES string of the molecule is COC(=O)Cc1nc(-c2cc(C)c3ccccc3n2)no1. The first-order chi connectivity index (χ1) is 10.2. The van der Waals surface area contributed by atoms with E-state index in [0.29, 0.717) is 11.5 Å². The fourth-order valence-electron chi connectivity index (χ4n) is 2.09. The van der Waals surface area contributed by atoms with Gasteiger partial charge < -0.3 is 9.26 Å². The molecule has 6 heteroatoms. The third-order valence-corrected chi connectivity index (χ3v) is 3.14. The number of carbonyl (C=O) groups is 1. The van der Waals surface area contributed by atoms with E-state index in [-0.39, 0.29) is 12.3 Å². The Morgan fingerprint density at radius 2 is 2.10 bits per heavy atom. The highest BCUT2D eigenvalue weighted by Gasteiger charge is 2.14. The number of para-hydroxylation sites is 1. The van der Waals surface area contributed by atoms with Gasteiger partial charge in [-0.2, -0.15) is 4.98 Å². The lowest BCUT2D eigenvalue weighted by molar-refractivity contribution is -0.140. The third-order valence-electron chi connectivity index (χ3n) is 3.14. The van der Waals surface area contributed by atoms with Crippen molar-refractivity contribution in [2.75, 3.05) is 7.11 Å². The van der Waals surface area contributed by atoms with Gasteiger partial charge in [-0.3, -0.25) is 4.79 Å². The topological polar surface area (TPSA) is 78.1 Å². The molecule has 0 N–H and O–H groups in total. The summed E-state index contributed by atoms with van der Waals surface area (Å²) in [7, 11) is 1.31. The summed E-state index contributed by atoms with van der Waals surface area (Å²) in [5.41, 5.74) is 2.56. The van der Waals surface area contributed by atoms with E-state index in [1.54, 1.807) is 0 Å². The first-order valence-corrected chi connectivity index (χ1v) is 6.43. The highest BCUT2D eigenvalue weighted by Crippen LogP contribution is 2.22. The van der Waals surface area contributed by atoms with Crippen LogP contribution in [0.15, 0.2) is 34.9 Å². The van der Waals surface area contributed by atoms with Crippen molar-refractivity contribution in [1.29, 1.82) is 0 Å². The van der Waals surface area contributed by atoms with Crippen molar-refractivity contribution >= 4 is 16.9 Å². The predicted molar refractivity (Wildman–Crippen MR) is 75.5 cm³/mol. The van der Waals surface area contributed by atoms with Crippen LogP contribution in [0, 0.1) is 6.92 Å². The molecule has 0 saturated heterocycles. The van der Waals surface area contributed by atoms with Gasteiger partial charge in [-0.15, -0.1) is 0 Å².